The Morgan fingerprint density at radius 2 is 1.90 bits per heavy atom. The van der Waals surface area contributed by atoms with Gasteiger partial charge in [0, 0.05) is 16.9 Å². The van der Waals surface area contributed by atoms with E-state index in [4.69, 9.17) is 16.3 Å². The van der Waals surface area contributed by atoms with Crippen LogP contribution in [0.4, 0.5) is 0 Å². The highest BCUT2D eigenvalue weighted by atomic mass is 79.9. The molecule has 0 saturated heterocycles. The van der Waals surface area contributed by atoms with Crippen LogP contribution in [0.3, 0.4) is 0 Å². The number of halogens is 2. The molecule has 0 aliphatic heterocycles. The third-order valence-electron chi connectivity index (χ3n) is 3.21. The predicted molar refractivity (Wildman–Crippen MR) is 90.2 cm³/mol. The van der Waals surface area contributed by atoms with E-state index in [9.17, 15) is 0 Å². The standard InChI is InChI=1S/C17H13BrClNO/c18-10-12-4-6-17(15(19)9-12)21-11-13-3-5-16-14(8-13)2-1-7-20-16/h1-9H,10-11H2. The van der Waals surface area contributed by atoms with E-state index in [1.54, 1.807) is 6.20 Å². The molecule has 3 aromatic rings. The summed E-state index contributed by atoms with van der Waals surface area (Å²) in [6, 6.07) is 15.9. The summed E-state index contributed by atoms with van der Waals surface area (Å²) >= 11 is 9.62. The Morgan fingerprint density at radius 1 is 1.05 bits per heavy atom. The summed E-state index contributed by atoms with van der Waals surface area (Å²) < 4.78 is 5.80. The number of ether oxygens (including phenoxy) is 1. The van der Waals surface area contributed by atoms with Gasteiger partial charge in [0.1, 0.15) is 12.4 Å². The summed E-state index contributed by atoms with van der Waals surface area (Å²) in [4.78, 5) is 4.31. The first-order valence-corrected chi connectivity index (χ1v) is 8.07. The number of alkyl halides is 1. The van der Waals surface area contributed by atoms with Crippen LogP contribution in [0.5, 0.6) is 5.75 Å². The fourth-order valence-corrected chi connectivity index (χ4v) is 2.73. The zero-order valence-corrected chi connectivity index (χ0v) is 13.6. The molecule has 0 N–H and O–H groups in total. The van der Waals surface area contributed by atoms with Crippen molar-refractivity contribution in [3.63, 3.8) is 0 Å². The third kappa shape index (κ3) is 3.36. The third-order valence-corrected chi connectivity index (χ3v) is 4.16. The minimum absolute atomic E-state index is 0.484. The van der Waals surface area contributed by atoms with Gasteiger partial charge >= 0.3 is 0 Å². The molecule has 2 aromatic carbocycles. The van der Waals surface area contributed by atoms with Gasteiger partial charge in [-0.15, -0.1) is 0 Å². The zero-order chi connectivity index (χ0) is 14.7. The molecule has 1 heterocycles. The van der Waals surface area contributed by atoms with Crippen LogP contribution in [0.25, 0.3) is 10.9 Å². The summed E-state index contributed by atoms with van der Waals surface area (Å²) in [5.74, 6) is 0.702. The van der Waals surface area contributed by atoms with E-state index in [-0.39, 0.29) is 0 Å². The van der Waals surface area contributed by atoms with Crippen LogP contribution in [-0.2, 0) is 11.9 Å². The molecule has 0 radical (unpaired) electrons. The summed E-state index contributed by atoms with van der Waals surface area (Å²) in [5.41, 5.74) is 3.21. The van der Waals surface area contributed by atoms with Crippen molar-refractivity contribution in [3.05, 3.63) is 70.9 Å². The van der Waals surface area contributed by atoms with Crippen LogP contribution in [-0.4, -0.2) is 4.98 Å². The van der Waals surface area contributed by atoms with Gasteiger partial charge in [0.05, 0.1) is 10.5 Å². The second kappa shape index (κ2) is 6.46. The SMILES string of the molecule is Clc1cc(CBr)ccc1OCc1ccc2ncccc2c1. The Morgan fingerprint density at radius 3 is 2.71 bits per heavy atom. The van der Waals surface area contributed by atoms with Crippen molar-refractivity contribution in [2.24, 2.45) is 0 Å². The van der Waals surface area contributed by atoms with Gasteiger partial charge in [-0.3, -0.25) is 4.98 Å². The smallest absolute Gasteiger partial charge is 0.138 e. The monoisotopic (exact) mass is 361 g/mol. The number of aromatic nitrogens is 1. The highest BCUT2D eigenvalue weighted by Gasteiger charge is 2.04. The highest BCUT2D eigenvalue weighted by molar-refractivity contribution is 9.08. The number of rotatable bonds is 4. The average Bonchev–Trinajstić information content (AvgIpc) is 2.53. The molecule has 0 aliphatic rings. The van der Waals surface area contributed by atoms with Gasteiger partial charge < -0.3 is 4.74 Å². The number of fused-ring (bicyclic) bond motifs is 1. The van der Waals surface area contributed by atoms with E-state index in [0.29, 0.717) is 17.4 Å². The lowest BCUT2D eigenvalue weighted by molar-refractivity contribution is 0.306. The van der Waals surface area contributed by atoms with Crippen molar-refractivity contribution in [1.82, 2.24) is 4.98 Å². The molecule has 106 valence electrons. The van der Waals surface area contributed by atoms with Gasteiger partial charge in [0.25, 0.3) is 0 Å². The summed E-state index contributed by atoms with van der Waals surface area (Å²) in [6.07, 6.45) is 1.80. The topological polar surface area (TPSA) is 22.1 Å². The number of nitrogens with zero attached hydrogens (tertiary/aromatic N) is 1. The molecule has 21 heavy (non-hydrogen) atoms. The van der Waals surface area contributed by atoms with Crippen LogP contribution in [0.2, 0.25) is 5.02 Å². The molecular weight excluding hydrogens is 350 g/mol. The van der Waals surface area contributed by atoms with Crippen LogP contribution < -0.4 is 4.74 Å². The fraction of sp³-hybridized carbons (Fsp3) is 0.118. The van der Waals surface area contributed by atoms with Gasteiger partial charge in [-0.2, -0.15) is 0 Å². The molecule has 4 heteroatoms. The zero-order valence-electron chi connectivity index (χ0n) is 11.2. The molecule has 0 bridgehead atoms. The van der Waals surface area contributed by atoms with Gasteiger partial charge in [-0.1, -0.05) is 45.7 Å². The molecule has 0 spiro atoms. The lowest BCUT2D eigenvalue weighted by Gasteiger charge is -2.09. The van der Waals surface area contributed by atoms with E-state index < -0.39 is 0 Å². The molecule has 0 atom stereocenters. The molecule has 0 aliphatic carbocycles. The first kappa shape index (κ1) is 14.4. The number of hydrogen-bond acceptors (Lipinski definition) is 2. The van der Waals surface area contributed by atoms with Crippen LogP contribution in [0.15, 0.2) is 54.7 Å². The predicted octanol–water partition coefficient (Wildman–Crippen LogP) is 5.36. The summed E-state index contributed by atoms with van der Waals surface area (Å²) in [7, 11) is 0. The van der Waals surface area contributed by atoms with Crippen molar-refractivity contribution in [2.45, 2.75) is 11.9 Å². The molecule has 0 fully saturated rings. The molecule has 0 saturated carbocycles. The van der Waals surface area contributed by atoms with Gasteiger partial charge in [0.15, 0.2) is 0 Å². The highest BCUT2D eigenvalue weighted by Crippen LogP contribution is 2.27. The minimum Gasteiger partial charge on any atom is -0.487 e. The van der Waals surface area contributed by atoms with E-state index in [0.717, 1.165) is 27.4 Å². The quantitative estimate of drug-likeness (QED) is 0.583. The van der Waals surface area contributed by atoms with Crippen molar-refractivity contribution in [2.75, 3.05) is 0 Å². The maximum atomic E-state index is 6.21. The van der Waals surface area contributed by atoms with Crippen molar-refractivity contribution < 1.29 is 4.74 Å². The lowest BCUT2D eigenvalue weighted by atomic mass is 10.1. The number of hydrogen-bond donors (Lipinski definition) is 0. The van der Waals surface area contributed by atoms with Crippen LogP contribution in [0.1, 0.15) is 11.1 Å². The van der Waals surface area contributed by atoms with Gasteiger partial charge in [-0.05, 0) is 41.5 Å². The van der Waals surface area contributed by atoms with E-state index in [1.165, 1.54) is 0 Å². The maximum Gasteiger partial charge on any atom is 0.138 e. The average molecular weight is 363 g/mol. The van der Waals surface area contributed by atoms with Crippen molar-refractivity contribution >= 4 is 38.4 Å². The second-order valence-corrected chi connectivity index (χ2v) is 5.69. The Hall–Kier alpha value is -1.58. The Bertz CT molecular complexity index is 776. The van der Waals surface area contributed by atoms with Gasteiger partial charge in [0.2, 0.25) is 0 Å². The second-order valence-electron chi connectivity index (χ2n) is 4.72. The fourth-order valence-electron chi connectivity index (χ4n) is 2.12. The van der Waals surface area contributed by atoms with E-state index >= 15 is 0 Å². The molecule has 2 nitrogen and oxygen atoms in total. The molecule has 0 unspecified atom stereocenters. The Kier molecular flexibility index (Phi) is 4.42. The summed E-state index contributed by atoms with van der Waals surface area (Å²) in [5, 5.41) is 2.53. The Balaban J connectivity index is 1.77. The van der Waals surface area contributed by atoms with Gasteiger partial charge in [-0.25, -0.2) is 0 Å². The molecule has 0 amide bonds. The first-order chi connectivity index (χ1) is 10.3. The van der Waals surface area contributed by atoms with E-state index in [2.05, 4.69) is 27.0 Å². The molecule has 3 rings (SSSR count). The normalized spacial score (nSPS) is 10.8. The summed E-state index contributed by atoms with van der Waals surface area (Å²) in [6.45, 7) is 0.484. The molecular formula is C17H13BrClNO. The molecule has 1 aromatic heterocycles. The minimum atomic E-state index is 0.484. The Labute approximate surface area is 136 Å². The number of pyridine rings is 1. The van der Waals surface area contributed by atoms with Crippen LogP contribution >= 0.6 is 27.5 Å². The van der Waals surface area contributed by atoms with Crippen molar-refractivity contribution in [1.29, 1.82) is 0 Å². The first-order valence-electron chi connectivity index (χ1n) is 6.57. The lowest BCUT2D eigenvalue weighted by Crippen LogP contribution is -1.96. The van der Waals surface area contributed by atoms with Crippen LogP contribution in [0, 0.1) is 0 Å². The largest absolute Gasteiger partial charge is 0.487 e. The van der Waals surface area contributed by atoms with E-state index in [1.807, 2.05) is 42.5 Å². The van der Waals surface area contributed by atoms with Crippen molar-refractivity contribution in [3.8, 4) is 5.75 Å². The number of benzene rings is 2. The maximum absolute atomic E-state index is 6.21.